The molecule has 0 saturated carbocycles. The molecule has 0 fully saturated rings. The van der Waals surface area contributed by atoms with Crippen molar-refractivity contribution in [3.05, 3.63) is 57.8 Å². The number of rotatable bonds is 3. The van der Waals surface area contributed by atoms with E-state index >= 15 is 0 Å². The molecule has 3 nitrogen and oxygen atoms in total. The number of nitrogens with one attached hydrogen (secondary N) is 1. The molecule has 0 amide bonds. The Morgan fingerprint density at radius 2 is 1.65 bits per heavy atom. The van der Waals surface area contributed by atoms with Crippen molar-refractivity contribution in [1.29, 1.82) is 0 Å². The third-order valence-electron chi connectivity index (χ3n) is 2.93. The summed E-state index contributed by atoms with van der Waals surface area (Å²) in [5.41, 5.74) is -1.01. The Morgan fingerprint density at radius 1 is 1.09 bits per heavy atom. The first kappa shape index (κ1) is 17.7. The van der Waals surface area contributed by atoms with Crippen LogP contribution < -0.4 is 4.72 Å². The van der Waals surface area contributed by atoms with Gasteiger partial charge in [-0.2, -0.15) is 13.2 Å². The summed E-state index contributed by atoms with van der Waals surface area (Å²) in [6.07, 6.45) is -4.80. The van der Waals surface area contributed by atoms with E-state index in [4.69, 9.17) is 0 Å². The Labute approximate surface area is 138 Å². The van der Waals surface area contributed by atoms with Crippen molar-refractivity contribution >= 4 is 31.6 Å². The zero-order chi connectivity index (χ0) is 17.4. The lowest BCUT2D eigenvalue weighted by Crippen LogP contribution is -2.15. The number of sulfonamides is 1. The smallest absolute Gasteiger partial charge is 0.278 e. The fourth-order valence-electron chi connectivity index (χ4n) is 1.75. The monoisotopic (exact) mass is 411 g/mol. The molecule has 0 saturated heterocycles. The van der Waals surface area contributed by atoms with Crippen molar-refractivity contribution in [3.63, 3.8) is 0 Å². The summed E-state index contributed by atoms with van der Waals surface area (Å²) in [5, 5.41) is 0. The molecular formula is C14H10BrF4NO2S. The molecule has 2 rings (SSSR count). The normalized spacial score (nSPS) is 12.3. The van der Waals surface area contributed by atoms with Crippen LogP contribution in [-0.4, -0.2) is 8.42 Å². The minimum Gasteiger partial charge on any atom is -0.278 e. The van der Waals surface area contributed by atoms with Gasteiger partial charge in [-0.15, -0.1) is 0 Å². The Balaban J connectivity index is 2.47. The number of anilines is 1. The molecule has 23 heavy (non-hydrogen) atoms. The number of hydrogen-bond donors (Lipinski definition) is 1. The third-order valence-corrected chi connectivity index (χ3v) is 5.12. The quantitative estimate of drug-likeness (QED) is 0.742. The van der Waals surface area contributed by atoms with Crippen LogP contribution in [0.5, 0.6) is 0 Å². The minimum absolute atomic E-state index is 0.146. The molecule has 0 heterocycles. The van der Waals surface area contributed by atoms with Crippen LogP contribution in [0.25, 0.3) is 0 Å². The molecule has 0 radical (unpaired) electrons. The van der Waals surface area contributed by atoms with E-state index < -0.39 is 37.7 Å². The average molecular weight is 412 g/mol. The second-order valence-corrected chi connectivity index (χ2v) is 7.21. The fourth-order valence-corrected chi connectivity index (χ4v) is 3.27. The van der Waals surface area contributed by atoms with Gasteiger partial charge in [-0.3, -0.25) is 4.72 Å². The van der Waals surface area contributed by atoms with E-state index in [1.165, 1.54) is 24.3 Å². The van der Waals surface area contributed by atoms with Crippen molar-refractivity contribution in [2.45, 2.75) is 18.0 Å². The maximum atomic E-state index is 13.6. The second-order valence-electron chi connectivity index (χ2n) is 4.74. The van der Waals surface area contributed by atoms with Crippen LogP contribution in [0.4, 0.5) is 23.2 Å². The lowest BCUT2D eigenvalue weighted by atomic mass is 10.2. The molecule has 124 valence electrons. The molecule has 0 aliphatic carbocycles. The van der Waals surface area contributed by atoms with Gasteiger partial charge in [-0.25, -0.2) is 12.8 Å². The first-order chi connectivity index (χ1) is 10.5. The zero-order valence-electron chi connectivity index (χ0n) is 11.6. The Bertz CT molecular complexity index is 833. The summed E-state index contributed by atoms with van der Waals surface area (Å²) >= 11 is 2.75. The van der Waals surface area contributed by atoms with Crippen LogP contribution in [0.1, 0.15) is 11.1 Å². The van der Waals surface area contributed by atoms with Crippen LogP contribution in [0.3, 0.4) is 0 Å². The van der Waals surface area contributed by atoms with E-state index in [-0.39, 0.29) is 11.0 Å². The van der Waals surface area contributed by atoms with Gasteiger partial charge in [0.2, 0.25) is 0 Å². The summed E-state index contributed by atoms with van der Waals surface area (Å²) in [7, 11) is -4.15. The highest BCUT2D eigenvalue weighted by atomic mass is 79.9. The van der Waals surface area contributed by atoms with Crippen LogP contribution in [-0.2, 0) is 16.2 Å². The van der Waals surface area contributed by atoms with Crippen LogP contribution in [0.2, 0.25) is 0 Å². The van der Waals surface area contributed by atoms with Crippen molar-refractivity contribution < 1.29 is 26.0 Å². The number of benzene rings is 2. The minimum atomic E-state index is -4.80. The highest BCUT2D eigenvalue weighted by molar-refractivity contribution is 9.10. The van der Waals surface area contributed by atoms with Crippen molar-refractivity contribution in [1.82, 2.24) is 0 Å². The highest BCUT2D eigenvalue weighted by Gasteiger charge is 2.33. The van der Waals surface area contributed by atoms with E-state index in [9.17, 15) is 26.0 Å². The summed E-state index contributed by atoms with van der Waals surface area (Å²) < 4.78 is 77.7. The number of aryl methyl sites for hydroxylation is 1. The highest BCUT2D eigenvalue weighted by Crippen LogP contribution is 2.36. The predicted molar refractivity (Wildman–Crippen MR) is 81.1 cm³/mol. The Kier molecular flexibility index (Phi) is 4.72. The molecule has 0 aliphatic rings. The first-order valence-electron chi connectivity index (χ1n) is 6.16. The van der Waals surface area contributed by atoms with E-state index in [1.54, 1.807) is 6.92 Å². The van der Waals surface area contributed by atoms with Gasteiger partial charge >= 0.3 is 6.18 Å². The van der Waals surface area contributed by atoms with Crippen molar-refractivity contribution in [2.75, 3.05) is 4.72 Å². The van der Waals surface area contributed by atoms with Gasteiger partial charge in [0.15, 0.2) is 0 Å². The van der Waals surface area contributed by atoms with Crippen LogP contribution in [0, 0.1) is 12.7 Å². The first-order valence-corrected chi connectivity index (χ1v) is 8.44. The molecule has 0 bridgehead atoms. The fraction of sp³-hybridized carbons (Fsp3) is 0.143. The van der Waals surface area contributed by atoms with Gasteiger partial charge in [0.1, 0.15) is 5.82 Å². The van der Waals surface area contributed by atoms with Crippen LogP contribution in [0.15, 0.2) is 45.8 Å². The van der Waals surface area contributed by atoms with E-state index in [0.717, 1.165) is 5.56 Å². The summed E-state index contributed by atoms with van der Waals surface area (Å²) in [4.78, 5) is -0.146. The number of alkyl halides is 3. The van der Waals surface area contributed by atoms with Crippen molar-refractivity contribution in [3.8, 4) is 0 Å². The molecule has 2 aromatic carbocycles. The molecule has 0 unspecified atom stereocenters. The summed E-state index contributed by atoms with van der Waals surface area (Å²) in [5.74, 6) is -1.22. The number of hydrogen-bond acceptors (Lipinski definition) is 2. The molecule has 2 aromatic rings. The van der Waals surface area contributed by atoms with Gasteiger partial charge in [-0.1, -0.05) is 17.7 Å². The van der Waals surface area contributed by atoms with Gasteiger partial charge in [0.25, 0.3) is 10.0 Å². The molecule has 0 aliphatic heterocycles. The summed E-state index contributed by atoms with van der Waals surface area (Å²) in [6, 6.07) is 6.49. The molecular weight excluding hydrogens is 402 g/mol. The lowest BCUT2D eigenvalue weighted by molar-refractivity contribution is -0.137. The predicted octanol–water partition coefficient (Wildman–Crippen LogP) is 4.72. The number of halogens is 5. The maximum Gasteiger partial charge on any atom is 0.416 e. The average Bonchev–Trinajstić information content (AvgIpc) is 2.42. The lowest BCUT2D eigenvalue weighted by Gasteiger charge is -2.14. The second kappa shape index (κ2) is 6.12. The Hall–Kier alpha value is -1.61. The zero-order valence-corrected chi connectivity index (χ0v) is 14.0. The van der Waals surface area contributed by atoms with Crippen LogP contribution >= 0.6 is 15.9 Å². The maximum absolute atomic E-state index is 13.6. The Morgan fingerprint density at radius 3 is 2.17 bits per heavy atom. The van der Waals surface area contributed by atoms with Gasteiger partial charge in [0.05, 0.1) is 20.6 Å². The summed E-state index contributed by atoms with van der Waals surface area (Å²) in [6.45, 7) is 1.75. The molecule has 0 spiro atoms. The topological polar surface area (TPSA) is 46.2 Å². The largest absolute Gasteiger partial charge is 0.416 e. The molecule has 1 N–H and O–H groups in total. The van der Waals surface area contributed by atoms with E-state index in [2.05, 4.69) is 15.9 Å². The molecule has 9 heteroatoms. The van der Waals surface area contributed by atoms with Gasteiger partial charge in [0, 0.05) is 0 Å². The SMILES string of the molecule is Cc1ccc(S(=O)(=O)Nc2cc(C(F)(F)F)cc(F)c2Br)cc1. The van der Waals surface area contributed by atoms with Crippen molar-refractivity contribution in [2.24, 2.45) is 0 Å². The van der Waals surface area contributed by atoms with E-state index in [0.29, 0.717) is 6.07 Å². The third kappa shape index (κ3) is 4.03. The van der Waals surface area contributed by atoms with Gasteiger partial charge < -0.3 is 0 Å². The molecule has 0 atom stereocenters. The molecule has 0 aromatic heterocycles. The van der Waals surface area contributed by atoms with Gasteiger partial charge in [-0.05, 0) is 47.1 Å². The standard InChI is InChI=1S/C14H10BrF4NO2S/c1-8-2-4-10(5-3-8)23(21,22)20-12-7-9(14(17,18)19)6-11(16)13(12)15/h2-7,20H,1H3. The van der Waals surface area contributed by atoms with E-state index in [1.807, 2.05) is 4.72 Å².